The first-order chi connectivity index (χ1) is 15.5. The van der Waals surface area contributed by atoms with E-state index in [1.165, 1.54) is 30.5 Å². The molecule has 9 heteroatoms. The van der Waals surface area contributed by atoms with E-state index in [2.05, 4.69) is 20.2 Å². The molecule has 0 unspecified atom stereocenters. The van der Waals surface area contributed by atoms with Crippen molar-refractivity contribution >= 4 is 17.5 Å². The first-order valence-corrected chi connectivity index (χ1v) is 11.0. The predicted octanol–water partition coefficient (Wildman–Crippen LogP) is 2.56. The Bertz CT molecular complexity index is 963. The van der Waals surface area contributed by atoms with E-state index in [9.17, 15) is 14.0 Å². The number of aryl methyl sites for hydroxylation is 1. The maximum Gasteiger partial charge on any atom is 0.259 e. The van der Waals surface area contributed by atoms with Gasteiger partial charge in [0.2, 0.25) is 5.91 Å². The number of hydrogen-bond donors (Lipinski definition) is 1. The third-order valence-corrected chi connectivity index (χ3v) is 5.93. The minimum absolute atomic E-state index is 0.0796. The number of benzene rings is 1. The minimum Gasteiger partial charge on any atom is -0.379 e. The highest BCUT2D eigenvalue weighted by atomic mass is 19.1. The molecule has 2 aromatic rings. The standard InChI is InChI=1S/C23H28FN5O3/c1-16-19(23(31)27-18-7-5-17(24)6-8-18)14-25-22(26-16)20-4-2-3-9-29(20)21(30)15-28-10-12-32-13-11-28/h5-8,14,20H,2-4,9-13,15H2,1H3,(H,27,31)/t20-/m0/s1. The molecule has 2 saturated heterocycles. The number of nitrogens with zero attached hydrogens (tertiary/aromatic N) is 4. The van der Waals surface area contributed by atoms with Crippen molar-refractivity contribution in [2.75, 3.05) is 44.7 Å². The van der Waals surface area contributed by atoms with E-state index < -0.39 is 0 Å². The number of piperidine rings is 1. The molecule has 0 bridgehead atoms. The zero-order valence-electron chi connectivity index (χ0n) is 18.2. The smallest absolute Gasteiger partial charge is 0.259 e. The quantitative estimate of drug-likeness (QED) is 0.767. The van der Waals surface area contributed by atoms with Gasteiger partial charge in [0.05, 0.1) is 37.1 Å². The Kier molecular flexibility index (Phi) is 7.06. The highest BCUT2D eigenvalue weighted by Gasteiger charge is 2.31. The van der Waals surface area contributed by atoms with Crippen molar-refractivity contribution in [2.24, 2.45) is 0 Å². The van der Waals surface area contributed by atoms with E-state index in [1.807, 2.05) is 4.90 Å². The first kappa shape index (κ1) is 22.3. The molecule has 0 saturated carbocycles. The average Bonchev–Trinajstić information content (AvgIpc) is 2.81. The number of carbonyl (C=O) groups is 2. The van der Waals surface area contributed by atoms with E-state index in [0.717, 1.165) is 32.4 Å². The van der Waals surface area contributed by atoms with Crippen LogP contribution >= 0.6 is 0 Å². The van der Waals surface area contributed by atoms with Gasteiger partial charge in [0, 0.05) is 31.5 Å². The van der Waals surface area contributed by atoms with Crippen LogP contribution in [0.15, 0.2) is 30.5 Å². The second-order valence-corrected chi connectivity index (χ2v) is 8.18. The largest absolute Gasteiger partial charge is 0.379 e. The summed E-state index contributed by atoms with van der Waals surface area (Å²) in [6.45, 7) is 5.64. The van der Waals surface area contributed by atoms with Gasteiger partial charge in [0.15, 0.2) is 5.82 Å². The van der Waals surface area contributed by atoms with E-state index >= 15 is 0 Å². The highest BCUT2D eigenvalue weighted by molar-refractivity contribution is 6.04. The number of nitrogens with one attached hydrogen (secondary N) is 1. The summed E-state index contributed by atoms with van der Waals surface area (Å²) < 4.78 is 18.5. The number of amides is 2. The van der Waals surface area contributed by atoms with Crippen LogP contribution in [-0.4, -0.2) is 71.0 Å². The molecule has 0 radical (unpaired) electrons. The summed E-state index contributed by atoms with van der Waals surface area (Å²) in [4.78, 5) is 38.7. The second-order valence-electron chi connectivity index (χ2n) is 8.18. The Labute approximate surface area is 186 Å². The van der Waals surface area contributed by atoms with Crippen LogP contribution in [0, 0.1) is 12.7 Å². The van der Waals surface area contributed by atoms with Crippen LogP contribution in [0.3, 0.4) is 0 Å². The molecule has 0 aliphatic carbocycles. The molecule has 8 nitrogen and oxygen atoms in total. The van der Waals surface area contributed by atoms with E-state index in [1.54, 1.807) is 6.92 Å². The number of morpholine rings is 1. The number of aromatic nitrogens is 2. The fraction of sp³-hybridized carbons (Fsp3) is 0.478. The van der Waals surface area contributed by atoms with Gasteiger partial charge < -0.3 is 15.0 Å². The van der Waals surface area contributed by atoms with Gasteiger partial charge >= 0.3 is 0 Å². The summed E-state index contributed by atoms with van der Waals surface area (Å²) in [5, 5.41) is 2.73. The maximum atomic E-state index is 13.1. The Morgan fingerprint density at radius 1 is 1.16 bits per heavy atom. The lowest BCUT2D eigenvalue weighted by Gasteiger charge is -2.37. The fourth-order valence-electron chi connectivity index (χ4n) is 4.14. The lowest BCUT2D eigenvalue weighted by molar-refractivity contribution is -0.137. The highest BCUT2D eigenvalue weighted by Crippen LogP contribution is 2.29. The number of rotatable bonds is 5. The molecule has 2 fully saturated rings. The summed E-state index contributed by atoms with van der Waals surface area (Å²) in [6, 6.07) is 5.38. The van der Waals surface area contributed by atoms with E-state index in [0.29, 0.717) is 49.1 Å². The van der Waals surface area contributed by atoms with Crippen LogP contribution in [0.5, 0.6) is 0 Å². The van der Waals surface area contributed by atoms with Crippen molar-refractivity contribution in [2.45, 2.75) is 32.2 Å². The molecule has 4 rings (SSSR count). The van der Waals surface area contributed by atoms with Crippen LogP contribution in [0.25, 0.3) is 0 Å². The average molecular weight is 442 g/mol. The lowest BCUT2D eigenvalue weighted by atomic mass is 10.0. The lowest BCUT2D eigenvalue weighted by Crippen LogP contribution is -2.47. The van der Waals surface area contributed by atoms with Crippen molar-refractivity contribution in [3.05, 3.63) is 53.4 Å². The van der Waals surface area contributed by atoms with Gasteiger partial charge in [-0.2, -0.15) is 0 Å². The van der Waals surface area contributed by atoms with Crippen molar-refractivity contribution in [3.63, 3.8) is 0 Å². The maximum absolute atomic E-state index is 13.1. The van der Waals surface area contributed by atoms with Crippen molar-refractivity contribution < 1.29 is 18.7 Å². The summed E-state index contributed by atoms with van der Waals surface area (Å²) >= 11 is 0. The molecule has 0 spiro atoms. The van der Waals surface area contributed by atoms with Crippen molar-refractivity contribution in [1.29, 1.82) is 0 Å². The molecule has 1 N–H and O–H groups in total. The fourth-order valence-corrected chi connectivity index (χ4v) is 4.14. The number of anilines is 1. The van der Waals surface area contributed by atoms with Gasteiger partial charge in [0.25, 0.3) is 5.91 Å². The number of halogens is 1. The molecule has 1 aromatic heterocycles. The Balaban J connectivity index is 1.46. The monoisotopic (exact) mass is 441 g/mol. The van der Waals surface area contributed by atoms with Crippen molar-refractivity contribution in [1.82, 2.24) is 19.8 Å². The van der Waals surface area contributed by atoms with Crippen molar-refractivity contribution in [3.8, 4) is 0 Å². The van der Waals surface area contributed by atoms with Gasteiger partial charge in [0.1, 0.15) is 5.82 Å². The molecule has 32 heavy (non-hydrogen) atoms. The Morgan fingerprint density at radius 3 is 2.62 bits per heavy atom. The summed E-state index contributed by atoms with van der Waals surface area (Å²) in [7, 11) is 0. The molecule has 1 atom stereocenters. The predicted molar refractivity (Wildman–Crippen MR) is 117 cm³/mol. The Hall–Kier alpha value is -2.91. The number of likely N-dealkylation sites (tertiary alicyclic amines) is 1. The van der Waals surface area contributed by atoms with Gasteiger partial charge in [-0.25, -0.2) is 14.4 Å². The van der Waals surface area contributed by atoms with Crippen LogP contribution in [0.2, 0.25) is 0 Å². The van der Waals surface area contributed by atoms with Gasteiger partial charge in [-0.1, -0.05) is 0 Å². The molecular weight excluding hydrogens is 413 g/mol. The van der Waals surface area contributed by atoms with Crippen LogP contribution in [0.1, 0.15) is 47.2 Å². The van der Waals surface area contributed by atoms with E-state index in [-0.39, 0.29) is 23.7 Å². The minimum atomic E-state index is -0.368. The summed E-state index contributed by atoms with van der Waals surface area (Å²) in [5.41, 5.74) is 1.38. The first-order valence-electron chi connectivity index (χ1n) is 11.0. The second kappa shape index (κ2) is 10.1. The normalized spacial score (nSPS) is 19.6. The third kappa shape index (κ3) is 5.28. The van der Waals surface area contributed by atoms with E-state index in [4.69, 9.17) is 4.74 Å². The number of carbonyl (C=O) groups excluding carboxylic acids is 2. The zero-order chi connectivity index (χ0) is 22.5. The number of hydrogen-bond acceptors (Lipinski definition) is 6. The van der Waals surface area contributed by atoms with Crippen LogP contribution in [0.4, 0.5) is 10.1 Å². The molecular formula is C23H28FN5O3. The van der Waals surface area contributed by atoms with Gasteiger partial charge in [-0.15, -0.1) is 0 Å². The number of ether oxygens (including phenoxy) is 1. The van der Waals surface area contributed by atoms with Gasteiger partial charge in [-0.05, 0) is 50.5 Å². The topological polar surface area (TPSA) is 87.7 Å². The molecule has 3 heterocycles. The summed E-state index contributed by atoms with van der Waals surface area (Å²) in [5.74, 6) is -0.0801. The summed E-state index contributed by atoms with van der Waals surface area (Å²) in [6.07, 6.45) is 4.27. The Morgan fingerprint density at radius 2 is 1.91 bits per heavy atom. The zero-order valence-corrected chi connectivity index (χ0v) is 18.2. The third-order valence-electron chi connectivity index (χ3n) is 5.93. The van der Waals surface area contributed by atoms with Crippen LogP contribution < -0.4 is 5.32 Å². The molecule has 2 aliphatic heterocycles. The molecule has 170 valence electrons. The SMILES string of the molecule is Cc1nc([C@@H]2CCCCN2C(=O)CN2CCOCC2)ncc1C(=O)Nc1ccc(F)cc1. The molecule has 2 amide bonds. The van der Waals surface area contributed by atoms with Crippen LogP contribution in [-0.2, 0) is 9.53 Å². The van der Waals surface area contributed by atoms with Gasteiger partial charge in [-0.3, -0.25) is 14.5 Å². The molecule has 1 aromatic carbocycles. The molecule has 2 aliphatic rings.